The number of aromatic nitrogens is 1. The summed E-state index contributed by atoms with van der Waals surface area (Å²) in [7, 11) is 5.63. The highest BCUT2D eigenvalue weighted by molar-refractivity contribution is 9.10. The predicted molar refractivity (Wildman–Crippen MR) is 92.4 cm³/mol. The number of anilines is 1. The van der Waals surface area contributed by atoms with Gasteiger partial charge in [0.25, 0.3) is 0 Å². The molecule has 1 unspecified atom stereocenters. The molecule has 21 heavy (non-hydrogen) atoms. The number of hydrogen-bond donors (Lipinski definition) is 1. The van der Waals surface area contributed by atoms with Crippen molar-refractivity contribution in [1.82, 2.24) is 10.3 Å². The van der Waals surface area contributed by atoms with Crippen LogP contribution in [-0.2, 0) is 6.54 Å². The zero-order chi connectivity index (χ0) is 15.4. The Hall–Kier alpha value is -1.11. The van der Waals surface area contributed by atoms with E-state index >= 15 is 0 Å². The topological polar surface area (TPSA) is 37.4 Å². The van der Waals surface area contributed by atoms with Crippen LogP contribution in [0.15, 0.2) is 28.7 Å². The Morgan fingerprint density at radius 1 is 1.33 bits per heavy atom. The van der Waals surface area contributed by atoms with Gasteiger partial charge in [-0.25, -0.2) is 0 Å². The van der Waals surface area contributed by atoms with Crippen molar-refractivity contribution in [3.8, 4) is 5.88 Å². The van der Waals surface area contributed by atoms with E-state index in [2.05, 4.69) is 57.4 Å². The third-order valence-corrected chi connectivity index (χ3v) is 4.90. The average molecular weight is 370 g/mol. The van der Waals surface area contributed by atoms with Crippen molar-refractivity contribution in [2.75, 3.05) is 26.1 Å². The maximum atomic E-state index is 5.36. The first-order valence-electron chi connectivity index (χ1n) is 6.71. The highest BCUT2D eigenvalue weighted by Gasteiger charge is 2.14. The summed E-state index contributed by atoms with van der Waals surface area (Å²) in [5.41, 5.74) is 1.26. The molecule has 0 spiro atoms. The zero-order valence-electron chi connectivity index (χ0n) is 12.7. The quantitative estimate of drug-likeness (QED) is 0.839. The van der Waals surface area contributed by atoms with E-state index in [4.69, 9.17) is 4.74 Å². The molecular formula is C15H20BrN3OS. The number of ether oxygens (including phenoxy) is 1. The monoisotopic (exact) mass is 369 g/mol. The number of thiazole rings is 1. The summed E-state index contributed by atoms with van der Waals surface area (Å²) < 4.78 is 6.45. The summed E-state index contributed by atoms with van der Waals surface area (Å²) in [6, 6.07) is 8.64. The second-order valence-electron chi connectivity index (χ2n) is 4.98. The zero-order valence-corrected chi connectivity index (χ0v) is 15.1. The van der Waals surface area contributed by atoms with Crippen molar-refractivity contribution in [1.29, 1.82) is 0 Å². The molecule has 0 aliphatic rings. The molecule has 0 radical (unpaired) electrons. The summed E-state index contributed by atoms with van der Waals surface area (Å²) >= 11 is 5.11. The summed E-state index contributed by atoms with van der Waals surface area (Å²) in [6.45, 7) is 2.90. The standard InChI is InChI=1S/C15H20BrN3OS/c1-10(11-5-7-12(16)8-6-11)17-9-13-14(20-4)18-15(21-13)19(2)3/h5-8,10,17H,9H2,1-4H3. The van der Waals surface area contributed by atoms with E-state index in [0.29, 0.717) is 5.88 Å². The third-order valence-electron chi connectivity index (χ3n) is 3.16. The summed E-state index contributed by atoms with van der Waals surface area (Å²) in [4.78, 5) is 7.58. The minimum Gasteiger partial charge on any atom is -0.480 e. The molecule has 2 rings (SSSR count). The van der Waals surface area contributed by atoms with Gasteiger partial charge in [0.05, 0.1) is 12.0 Å². The van der Waals surface area contributed by atoms with Gasteiger partial charge in [0.15, 0.2) is 5.13 Å². The van der Waals surface area contributed by atoms with E-state index in [9.17, 15) is 0 Å². The fraction of sp³-hybridized carbons (Fsp3) is 0.400. The predicted octanol–water partition coefficient (Wildman–Crippen LogP) is 3.83. The molecule has 114 valence electrons. The molecule has 0 aliphatic heterocycles. The largest absolute Gasteiger partial charge is 0.480 e. The number of benzene rings is 1. The van der Waals surface area contributed by atoms with Crippen LogP contribution in [0.1, 0.15) is 23.4 Å². The molecule has 0 saturated heterocycles. The SMILES string of the molecule is COc1nc(N(C)C)sc1CNC(C)c1ccc(Br)cc1. The third kappa shape index (κ3) is 4.18. The van der Waals surface area contributed by atoms with E-state index < -0.39 is 0 Å². The number of rotatable bonds is 6. The second-order valence-corrected chi connectivity index (χ2v) is 6.96. The van der Waals surface area contributed by atoms with Crippen LogP contribution >= 0.6 is 27.3 Å². The first-order chi connectivity index (χ1) is 10.0. The molecule has 0 aliphatic carbocycles. The Labute approximate surface area is 138 Å². The van der Waals surface area contributed by atoms with Crippen LogP contribution < -0.4 is 15.0 Å². The lowest BCUT2D eigenvalue weighted by Gasteiger charge is -2.14. The molecule has 6 heteroatoms. The van der Waals surface area contributed by atoms with Crippen molar-refractivity contribution >= 4 is 32.4 Å². The number of nitrogens with one attached hydrogen (secondary N) is 1. The minimum atomic E-state index is 0.271. The van der Waals surface area contributed by atoms with Crippen molar-refractivity contribution in [3.63, 3.8) is 0 Å². The number of methoxy groups -OCH3 is 1. The molecule has 2 aromatic rings. The van der Waals surface area contributed by atoms with Gasteiger partial charge < -0.3 is 15.0 Å². The van der Waals surface area contributed by atoms with E-state index in [1.165, 1.54) is 5.56 Å². The van der Waals surface area contributed by atoms with Gasteiger partial charge in [-0.05, 0) is 24.6 Å². The molecule has 1 aromatic heterocycles. The van der Waals surface area contributed by atoms with Gasteiger partial charge in [-0.15, -0.1) is 0 Å². The van der Waals surface area contributed by atoms with Gasteiger partial charge in [-0.1, -0.05) is 39.4 Å². The van der Waals surface area contributed by atoms with Gasteiger partial charge in [-0.3, -0.25) is 0 Å². The van der Waals surface area contributed by atoms with Crippen molar-refractivity contribution in [2.24, 2.45) is 0 Å². The molecule has 4 nitrogen and oxygen atoms in total. The average Bonchev–Trinajstić information content (AvgIpc) is 2.89. The van der Waals surface area contributed by atoms with Crippen molar-refractivity contribution < 1.29 is 4.74 Å². The lowest BCUT2D eigenvalue weighted by atomic mass is 10.1. The molecule has 1 aromatic carbocycles. The summed E-state index contributed by atoms with van der Waals surface area (Å²) in [6.07, 6.45) is 0. The number of halogens is 1. The van der Waals surface area contributed by atoms with Crippen LogP contribution in [0.5, 0.6) is 5.88 Å². The fourth-order valence-electron chi connectivity index (χ4n) is 1.90. The lowest BCUT2D eigenvalue weighted by Crippen LogP contribution is -2.17. The molecule has 0 amide bonds. The maximum absolute atomic E-state index is 5.36. The van der Waals surface area contributed by atoms with Crippen LogP contribution in [0.4, 0.5) is 5.13 Å². The number of nitrogens with zero attached hydrogens (tertiary/aromatic N) is 2. The van der Waals surface area contributed by atoms with Crippen LogP contribution in [0.3, 0.4) is 0 Å². The normalized spacial score (nSPS) is 12.2. The van der Waals surface area contributed by atoms with Crippen LogP contribution in [-0.4, -0.2) is 26.2 Å². The molecule has 1 heterocycles. The highest BCUT2D eigenvalue weighted by Crippen LogP contribution is 2.30. The Bertz CT molecular complexity index is 583. The Balaban J connectivity index is 2.03. The Morgan fingerprint density at radius 2 is 2.00 bits per heavy atom. The maximum Gasteiger partial charge on any atom is 0.230 e. The van der Waals surface area contributed by atoms with Gasteiger partial charge in [0, 0.05) is 31.2 Å². The number of hydrogen-bond acceptors (Lipinski definition) is 5. The van der Waals surface area contributed by atoms with Gasteiger partial charge in [0.2, 0.25) is 5.88 Å². The second kappa shape index (κ2) is 7.24. The molecule has 0 fully saturated rings. The van der Waals surface area contributed by atoms with Gasteiger partial charge >= 0.3 is 0 Å². The highest BCUT2D eigenvalue weighted by atomic mass is 79.9. The summed E-state index contributed by atoms with van der Waals surface area (Å²) in [5.74, 6) is 0.708. The lowest BCUT2D eigenvalue weighted by molar-refractivity contribution is 0.393. The molecular weight excluding hydrogens is 350 g/mol. The van der Waals surface area contributed by atoms with E-state index in [1.54, 1.807) is 18.4 Å². The summed E-state index contributed by atoms with van der Waals surface area (Å²) in [5, 5.41) is 4.48. The minimum absolute atomic E-state index is 0.271. The van der Waals surface area contributed by atoms with E-state index in [0.717, 1.165) is 21.0 Å². The van der Waals surface area contributed by atoms with E-state index in [1.807, 2.05) is 19.0 Å². The molecule has 0 bridgehead atoms. The Morgan fingerprint density at radius 3 is 2.57 bits per heavy atom. The first-order valence-corrected chi connectivity index (χ1v) is 8.32. The van der Waals surface area contributed by atoms with Crippen LogP contribution in [0.2, 0.25) is 0 Å². The molecule has 1 atom stereocenters. The fourth-order valence-corrected chi connectivity index (χ4v) is 3.07. The molecule has 1 N–H and O–H groups in total. The Kier molecular flexibility index (Phi) is 5.61. The van der Waals surface area contributed by atoms with Crippen LogP contribution in [0.25, 0.3) is 0 Å². The van der Waals surface area contributed by atoms with E-state index in [-0.39, 0.29) is 6.04 Å². The van der Waals surface area contributed by atoms with Crippen molar-refractivity contribution in [3.05, 3.63) is 39.2 Å². The van der Waals surface area contributed by atoms with Gasteiger partial charge in [0.1, 0.15) is 0 Å². The van der Waals surface area contributed by atoms with Crippen LogP contribution in [0, 0.1) is 0 Å². The van der Waals surface area contributed by atoms with Crippen molar-refractivity contribution in [2.45, 2.75) is 19.5 Å². The smallest absolute Gasteiger partial charge is 0.230 e. The van der Waals surface area contributed by atoms with Gasteiger partial charge in [-0.2, -0.15) is 4.98 Å². The first kappa shape index (κ1) is 16.3. The molecule has 0 saturated carbocycles.